The molecule has 0 aliphatic carbocycles. The highest BCUT2D eigenvalue weighted by Gasteiger charge is 2.20. The first-order chi connectivity index (χ1) is 15.5. The summed E-state index contributed by atoms with van der Waals surface area (Å²) in [5.41, 5.74) is 5.92. The van der Waals surface area contributed by atoms with Crippen LogP contribution in [0.3, 0.4) is 0 Å². The fraction of sp³-hybridized carbons (Fsp3) is 0.500. The van der Waals surface area contributed by atoms with Gasteiger partial charge in [0.2, 0.25) is 5.91 Å². The Morgan fingerprint density at radius 1 is 1.06 bits per heavy atom. The van der Waals surface area contributed by atoms with Crippen molar-refractivity contribution in [1.82, 2.24) is 23.9 Å². The number of piperazine rings is 1. The summed E-state index contributed by atoms with van der Waals surface area (Å²) in [6, 6.07) is 10.6. The van der Waals surface area contributed by atoms with Gasteiger partial charge in [-0.1, -0.05) is 32.9 Å². The number of hydrogen-bond donors (Lipinski definition) is 0. The van der Waals surface area contributed by atoms with E-state index in [-0.39, 0.29) is 17.0 Å². The number of rotatable bonds is 4. The maximum Gasteiger partial charge on any atom is 0.330 e. The standard InChI is InChI=1S/C26H35N5O2/c1-18-7-8-20(16-29-11-13-30(14-12-29)19(2)32)15-21(18)22-9-10-23-24(27-22)28(6)25(33)31(23)17-26(3,4)5/h7-10,15H,11-14,16-17H2,1-6H3. The molecule has 0 saturated carbocycles. The van der Waals surface area contributed by atoms with Crippen molar-refractivity contribution in [2.45, 2.75) is 47.7 Å². The van der Waals surface area contributed by atoms with E-state index in [4.69, 9.17) is 4.98 Å². The molecule has 0 bridgehead atoms. The van der Waals surface area contributed by atoms with Crippen LogP contribution in [-0.4, -0.2) is 56.0 Å². The molecule has 1 amide bonds. The van der Waals surface area contributed by atoms with Gasteiger partial charge >= 0.3 is 5.69 Å². The molecule has 1 aromatic carbocycles. The smallest absolute Gasteiger partial charge is 0.330 e. The van der Waals surface area contributed by atoms with E-state index in [2.05, 4.69) is 50.8 Å². The Kier molecular flexibility index (Phi) is 6.18. The quantitative estimate of drug-likeness (QED) is 0.612. The van der Waals surface area contributed by atoms with Crippen LogP contribution in [0.5, 0.6) is 0 Å². The van der Waals surface area contributed by atoms with E-state index >= 15 is 0 Å². The average molecular weight is 450 g/mol. The Labute approximate surface area is 195 Å². The Morgan fingerprint density at radius 2 is 1.76 bits per heavy atom. The zero-order valence-electron chi connectivity index (χ0n) is 20.7. The van der Waals surface area contributed by atoms with Gasteiger partial charge < -0.3 is 4.90 Å². The largest absolute Gasteiger partial charge is 0.340 e. The average Bonchev–Trinajstić information content (AvgIpc) is 2.98. The Morgan fingerprint density at radius 3 is 2.39 bits per heavy atom. The predicted octanol–water partition coefficient (Wildman–Crippen LogP) is 3.42. The van der Waals surface area contributed by atoms with Gasteiger partial charge in [0.1, 0.15) is 0 Å². The number of nitrogens with zero attached hydrogens (tertiary/aromatic N) is 5. The van der Waals surface area contributed by atoms with Crippen molar-refractivity contribution >= 4 is 17.1 Å². The zero-order chi connectivity index (χ0) is 23.9. The van der Waals surface area contributed by atoms with E-state index < -0.39 is 0 Å². The Bertz CT molecular complexity index is 1240. The van der Waals surface area contributed by atoms with Gasteiger partial charge in [0.05, 0.1) is 11.2 Å². The van der Waals surface area contributed by atoms with Gasteiger partial charge in [0.15, 0.2) is 5.65 Å². The van der Waals surface area contributed by atoms with Crippen LogP contribution >= 0.6 is 0 Å². The molecule has 7 nitrogen and oxygen atoms in total. The Hall–Kier alpha value is -2.93. The second-order valence-electron chi connectivity index (χ2n) is 10.5. The highest BCUT2D eigenvalue weighted by atomic mass is 16.2. The molecule has 2 aromatic heterocycles. The predicted molar refractivity (Wildman–Crippen MR) is 132 cm³/mol. The number of aromatic nitrogens is 3. The lowest BCUT2D eigenvalue weighted by Gasteiger charge is -2.34. The van der Waals surface area contributed by atoms with E-state index in [1.54, 1.807) is 18.5 Å². The summed E-state index contributed by atoms with van der Waals surface area (Å²) >= 11 is 0. The van der Waals surface area contributed by atoms with Crippen molar-refractivity contribution in [2.75, 3.05) is 26.2 Å². The van der Waals surface area contributed by atoms with Crippen LogP contribution in [0.2, 0.25) is 0 Å². The third-order valence-corrected chi connectivity index (χ3v) is 6.42. The van der Waals surface area contributed by atoms with Gasteiger partial charge in [-0.3, -0.25) is 18.8 Å². The van der Waals surface area contributed by atoms with Crippen LogP contribution in [0.4, 0.5) is 0 Å². The second-order valence-corrected chi connectivity index (χ2v) is 10.5. The number of carbonyl (C=O) groups excluding carboxylic acids is 1. The molecule has 33 heavy (non-hydrogen) atoms. The molecular weight excluding hydrogens is 414 g/mol. The topological polar surface area (TPSA) is 63.4 Å². The minimum absolute atomic E-state index is 0.00238. The number of amides is 1. The normalized spacial score (nSPS) is 15.4. The van der Waals surface area contributed by atoms with Crippen molar-refractivity contribution in [2.24, 2.45) is 12.5 Å². The van der Waals surface area contributed by atoms with Crippen molar-refractivity contribution < 1.29 is 4.79 Å². The molecule has 0 N–H and O–H groups in total. The van der Waals surface area contributed by atoms with E-state index in [1.807, 2.05) is 21.6 Å². The van der Waals surface area contributed by atoms with E-state index in [1.165, 1.54) is 5.56 Å². The number of carbonyl (C=O) groups is 1. The van der Waals surface area contributed by atoms with E-state index in [9.17, 15) is 9.59 Å². The monoisotopic (exact) mass is 449 g/mol. The molecule has 3 aromatic rings. The first kappa shape index (κ1) is 23.2. The fourth-order valence-corrected chi connectivity index (χ4v) is 4.57. The summed E-state index contributed by atoms with van der Waals surface area (Å²) in [5.74, 6) is 0.152. The maximum atomic E-state index is 12.9. The van der Waals surface area contributed by atoms with Crippen LogP contribution in [-0.2, 0) is 24.9 Å². The summed E-state index contributed by atoms with van der Waals surface area (Å²) in [6.45, 7) is 15.0. The minimum Gasteiger partial charge on any atom is -0.340 e. The van der Waals surface area contributed by atoms with Gasteiger partial charge in [0, 0.05) is 58.8 Å². The molecule has 7 heteroatoms. The molecule has 0 atom stereocenters. The summed E-state index contributed by atoms with van der Waals surface area (Å²) in [4.78, 5) is 33.7. The summed E-state index contributed by atoms with van der Waals surface area (Å²) in [5, 5.41) is 0. The van der Waals surface area contributed by atoms with Gasteiger partial charge in [-0.2, -0.15) is 0 Å². The van der Waals surface area contributed by atoms with Crippen LogP contribution in [0.25, 0.3) is 22.4 Å². The molecule has 1 aliphatic heterocycles. The molecule has 3 heterocycles. The van der Waals surface area contributed by atoms with Crippen molar-refractivity contribution in [1.29, 1.82) is 0 Å². The van der Waals surface area contributed by atoms with Crippen molar-refractivity contribution in [3.63, 3.8) is 0 Å². The lowest BCUT2D eigenvalue weighted by atomic mass is 9.97. The second kappa shape index (κ2) is 8.78. The molecule has 1 aliphatic rings. The highest BCUT2D eigenvalue weighted by molar-refractivity contribution is 5.77. The molecule has 4 rings (SSSR count). The van der Waals surface area contributed by atoms with Crippen LogP contribution in [0.1, 0.15) is 38.8 Å². The zero-order valence-corrected chi connectivity index (χ0v) is 20.7. The van der Waals surface area contributed by atoms with Crippen LogP contribution < -0.4 is 5.69 Å². The summed E-state index contributed by atoms with van der Waals surface area (Å²) in [7, 11) is 1.80. The van der Waals surface area contributed by atoms with Gasteiger partial charge in [-0.25, -0.2) is 9.78 Å². The number of imidazole rings is 1. The van der Waals surface area contributed by atoms with E-state index in [0.29, 0.717) is 12.2 Å². The van der Waals surface area contributed by atoms with Gasteiger partial charge in [-0.15, -0.1) is 0 Å². The SMILES string of the molecule is CC(=O)N1CCN(Cc2ccc(C)c(-c3ccc4c(n3)n(C)c(=O)n4CC(C)(C)C)c2)CC1. The highest BCUT2D eigenvalue weighted by Crippen LogP contribution is 2.27. The molecule has 0 unspecified atom stereocenters. The third kappa shape index (κ3) is 4.88. The van der Waals surface area contributed by atoms with E-state index in [0.717, 1.165) is 55.1 Å². The lowest BCUT2D eigenvalue weighted by molar-refractivity contribution is -0.130. The summed E-state index contributed by atoms with van der Waals surface area (Å²) < 4.78 is 3.48. The van der Waals surface area contributed by atoms with Crippen LogP contribution in [0.15, 0.2) is 35.1 Å². The van der Waals surface area contributed by atoms with Crippen molar-refractivity contribution in [3.8, 4) is 11.3 Å². The number of hydrogen-bond acceptors (Lipinski definition) is 4. The molecule has 1 fully saturated rings. The number of aryl methyl sites for hydroxylation is 2. The lowest BCUT2D eigenvalue weighted by Crippen LogP contribution is -2.47. The fourth-order valence-electron chi connectivity index (χ4n) is 4.57. The molecule has 176 valence electrons. The first-order valence-electron chi connectivity index (χ1n) is 11.7. The van der Waals surface area contributed by atoms with Crippen LogP contribution in [0, 0.1) is 12.3 Å². The number of benzene rings is 1. The molecule has 1 saturated heterocycles. The Balaban J connectivity index is 1.62. The van der Waals surface area contributed by atoms with Gasteiger partial charge in [0.25, 0.3) is 0 Å². The van der Waals surface area contributed by atoms with Gasteiger partial charge in [-0.05, 0) is 41.7 Å². The third-order valence-electron chi connectivity index (χ3n) is 6.42. The van der Waals surface area contributed by atoms with Crippen molar-refractivity contribution in [3.05, 3.63) is 51.9 Å². The maximum absolute atomic E-state index is 12.9. The number of fused-ring (bicyclic) bond motifs is 1. The molecular formula is C26H35N5O2. The minimum atomic E-state index is -0.0280. The first-order valence-corrected chi connectivity index (χ1v) is 11.7. The number of pyridine rings is 1. The molecule has 0 radical (unpaired) electrons. The summed E-state index contributed by atoms with van der Waals surface area (Å²) in [6.07, 6.45) is 0. The molecule has 0 spiro atoms.